The summed E-state index contributed by atoms with van der Waals surface area (Å²) in [7, 11) is 3.92. The number of esters is 1. The molecule has 2 aromatic rings. The third-order valence-corrected chi connectivity index (χ3v) is 5.48. The number of carbonyl (C=O) groups is 2. The van der Waals surface area contributed by atoms with Crippen molar-refractivity contribution in [2.45, 2.75) is 44.1 Å². The van der Waals surface area contributed by atoms with Crippen LogP contribution >= 0.6 is 0 Å². The zero-order valence-electron chi connectivity index (χ0n) is 16.8. The van der Waals surface area contributed by atoms with Crippen LogP contribution in [0.3, 0.4) is 0 Å². The molecule has 1 N–H and O–H groups in total. The lowest BCUT2D eigenvalue weighted by Crippen LogP contribution is -2.39. The van der Waals surface area contributed by atoms with Crippen molar-refractivity contribution in [2.24, 2.45) is 0 Å². The van der Waals surface area contributed by atoms with E-state index in [2.05, 4.69) is 5.32 Å². The smallest absolute Gasteiger partial charge is 0.317 e. The summed E-state index contributed by atoms with van der Waals surface area (Å²) in [5.41, 5.74) is 2.06. The maximum atomic E-state index is 13.0. The van der Waals surface area contributed by atoms with Crippen molar-refractivity contribution < 1.29 is 14.3 Å². The van der Waals surface area contributed by atoms with E-state index in [1.807, 2.05) is 73.6 Å². The molecule has 1 fully saturated rings. The van der Waals surface area contributed by atoms with Crippen LogP contribution in [0, 0.1) is 0 Å². The Kier molecular flexibility index (Phi) is 6.02. The Morgan fingerprint density at radius 2 is 1.61 bits per heavy atom. The topological polar surface area (TPSA) is 58.6 Å². The third kappa shape index (κ3) is 4.19. The molecule has 2 aromatic carbocycles. The fraction of sp³-hybridized carbons (Fsp3) is 0.391. The standard InChI is InChI=1S/C23H28N2O3/c1-17(21(26)24-19-11-13-20(14-12-19)25(2)3)28-22(27)23(15-7-8-16-23)18-9-5-4-6-10-18/h4-6,9-14,17H,7-8,15-16H2,1-3H3,(H,24,26). The summed E-state index contributed by atoms with van der Waals surface area (Å²) in [6, 6.07) is 17.3. The number of ether oxygens (including phenoxy) is 1. The summed E-state index contributed by atoms with van der Waals surface area (Å²) >= 11 is 0. The molecule has 0 bridgehead atoms. The van der Waals surface area contributed by atoms with E-state index < -0.39 is 11.5 Å². The molecule has 1 amide bonds. The molecule has 0 aliphatic heterocycles. The normalized spacial score (nSPS) is 16.2. The molecule has 1 unspecified atom stereocenters. The highest BCUT2D eigenvalue weighted by Crippen LogP contribution is 2.42. The summed E-state index contributed by atoms with van der Waals surface area (Å²) in [6.45, 7) is 1.62. The molecule has 0 spiro atoms. The molecule has 0 aromatic heterocycles. The minimum absolute atomic E-state index is 0.304. The summed E-state index contributed by atoms with van der Waals surface area (Å²) in [5, 5.41) is 2.82. The minimum atomic E-state index is -0.859. The summed E-state index contributed by atoms with van der Waals surface area (Å²) in [4.78, 5) is 27.6. The van der Waals surface area contributed by atoms with Gasteiger partial charge in [0.1, 0.15) is 0 Å². The van der Waals surface area contributed by atoms with Crippen molar-refractivity contribution >= 4 is 23.3 Å². The number of anilines is 2. The largest absolute Gasteiger partial charge is 0.452 e. The Labute approximate surface area is 166 Å². The first-order valence-electron chi connectivity index (χ1n) is 9.77. The van der Waals surface area contributed by atoms with Crippen molar-refractivity contribution in [1.82, 2.24) is 0 Å². The molecule has 1 saturated carbocycles. The van der Waals surface area contributed by atoms with Crippen LogP contribution in [0.5, 0.6) is 0 Å². The van der Waals surface area contributed by atoms with E-state index in [4.69, 9.17) is 4.74 Å². The Bertz CT molecular complexity index is 810. The monoisotopic (exact) mass is 380 g/mol. The van der Waals surface area contributed by atoms with Crippen LogP contribution in [0.15, 0.2) is 54.6 Å². The molecule has 0 radical (unpaired) electrons. The number of benzene rings is 2. The Morgan fingerprint density at radius 1 is 1.00 bits per heavy atom. The van der Waals surface area contributed by atoms with E-state index in [0.29, 0.717) is 5.69 Å². The second kappa shape index (κ2) is 8.46. The van der Waals surface area contributed by atoms with E-state index >= 15 is 0 Å². The predicted molar refractivity (Wildman–Crippen MR) is 112 cm³/mol. The zero-order valence-corrected chi connectivity index (χ0v) is 16.8. The maximum absolute atomic E-state index is 13.0. The van der Waals surface area contributed by atoms with Crippen LogP contribution in [-0.2, 0) is 19.7 Å². The lowest BCUT2D eigenvalue weighted by atomic mass is 9.79. The number of hydrogen-bond acceptors (Lipinski definition) is 4. The molecule has 148 valence electrons. The van der Waals surface area contributed by atoms with Crippen molar-refractivity contribution in [2.75, 3.05) is 24.3 Å². The second-order valence-corrected chi connectivity index (χ2v) is 7.63. The van der Waals surface area contributed by atoms with Gasteiger partial charge in [-0.2, -0.15) is 0 Å². The van der Waals surface area contributed by atoms with Crippen molar-refractivity contribution in [3.8, 4) is 0 Å². The highest BCUT2D eigenvalue weighted by molar-refractivity contribution is 5.96. The van der Waals surface area contributed by atoms with E-state index in [0.717, 1.165) is 36.9 Å². The number of amides is 1. The number of nitrogens with one attached hydrogen (secondary N) is 1. The van der Waals surface area contributed by atoms with Crippen LogP contribution in [0.25, 0.3) is 0 Å². The van der Waals surface area contributed by atoms with Crippen molar-refractivity contribution in [3.05, 3.63) is 60.2 Å². The Hall–Kier alpha value is -2.82. The number of carbonyl (C=O) groups excluding carboxylic acids is 2. The van der Waals surface area contributed by atoms with E-state index in [1.165, 1.54) is 0 Å². The molecular formula is C23H28N2O3. The fourth-order valence-electron chi connectivity index (χ4n) is 3.76. The van der Waals surface area contributed by atoms with E-state index in [9.17, 15) is 9.59 Å². The number of hydrogen-bond donors (Lipinski definition) is 1. The zero-order chi connectivity index (χ0) is 20.1. The van der Waals surface area contributed by atoms with Gasteiger partial charge in [-0.15, -0.1) is 0 Å². The van der Waals surface area contributed by atoms with Crippen LogP contribution in [0.1, 0.15) is 38.2 Å². The number of rotatable bonds is 6. The van der Waals surface area contributed by atoms with Gasteiger partial charge in [0, 0.05) is 25.5 Å². The molecule has 28 heavy (non-hydrogen) atoms. The predicted octanol–water partition coefficient (Wildman–Crippen LogP) is 4.13. The summed E-state index contributed by atoms with van der Waals surface area (Å²) < 4.78 is 5.63. The molecule has 0 heterocycles. The first-order valence-corrected chi connectivity index (χ1v) is 9.77. The maximum Gasteiger partial charge on any atom is 0.317 e. The summed E-state index contributed by atoms with van der Waals surface area (Å²) in [6.07, 6.45) is 2.64. The van der Waals surface area contributed by atoms with E-state index in [-0.39, 0.29) is 11.9 Å². The van der Waals surface area contributed by atoms with Crippen LogP contribution in [0.2, 0.25) is 0 Å². The Morgan fingerprint density at radius 3 is 2.18 bits per heavy atom. The molecule has 5 nitrogen and oxygen atoms in total. The van der Waals surface area contributed by atoms with Gasteiger partial charge in [-0.05, 0) is 49.6 Å². The van der Waals surface area contributed by atoms with Crippen molar-refractivity contribution in [1.29, 1.82) is 0 Å². The van der Waals surface area contributed by atoms with Gasteiger partial charge < -0.3 is 15.0 Å². The first kappa shape index (κ1) is 19.9. The summed E-state index contributed by atoms with van der Waals surface area (Å²) in [5.74, 6) is -0.631. The second-order valence-electron chi connectivity index (χ2n) is 7.63. The van der Waals surface area contributed by atoms with Crippen LogP contribution in [0.4, 0.5) is 11.4 Å². The highest BCUT2D eigenvalue weighted by Gasteiger charge is 2.45. The van der Waals surface area contributed by atoms with Crippen molar-refractivity contribution in [3.63, 3.8) is 0 Å². The lowest BCUT2D eigenvalue weighted by Gasteiger charge is -2.28. The van der Waals surface area contributed by atoms with Crippen LogP contribution in [-0.4, -0.2) is 32.1 Å². The molecule has 1 aliphatic carbocycles. The lowest BCUT2D eigenvalue weighted by molar-refractivity contribution is -0.159. The first-order chi connectivity index (χ1) is 13.4. The van der Waals surface area contributed by atoms with Gasteiger partial charge in [0.25, 0.3) is 5.91 Å². The highest BCUT2D eigenvalue weighted by atomic mass is 16.5. The molecule has 1 aliphatic rings. The van der Waals surface area contributed by atoms with Gasteiger partial charge >= 0.3 is 5.97 Å². The van der Waals surface area contributed by atoms with Gasteiger partial charge in [-0.25, -0.2) is 0 Å². The Balaban J connectivity index is 1.66. The molecular weight excluding hydrogens is 352 g/mol. The quantitative estimate of drug-likeness (QED) is 0.766. The van der Waals surface area contributed by atoms with Crippen LogP contribution < -0.4 is 10.2 Å². The van der Waals surface area contributed by atoms with E-state index in [1.54, 1.807) is 6.92 Å². The average Bonchev–Trinajstić information content (AvgIpc) is 3.20. The SMILES string of the molecule is CC(OC(=O)C1(c2ccccc2)CCCC1)C(=O)Nc1ccc(N(C)C)cc1. The van der Waals surface area contributed by atoms with Gasteiger partial charge in [-0.3, -0.25) is 9.59 Å². The van der Waals surface area contributed by atoms with Gasteiger partial charge in [0.05, 0.1) is 5.41 Å². The van der Waals surface area contributed by atoms with Gasteiger partial charge in [0.15, 0.2) is 6.10 Å². The average molecular weight is 380 g/mol. The molecule has 1 atom stereocenters. The molecule has 0 saturated heterocycles. The van der Waals surface area contributed by atoms with Gasteiger partial charge in [0.2, 0.25) is 0 Å². The molecule has 3 rings (SSSR count). The fourth-order valence-corrected chi connectivity index (χ4v) is 3.76. The van der Waals surface area contributed by atoms with Gasteiger partial charge in [-0.1, -0.05) is 43.2 Å². The molecule has 5 heteroatoms. The minimum Gasteiger partial charge on any atom is -0.452 e. The number of nitrogens with zero attached hydrogens (tertiary/aromatic N) is 1. The third-order valence-electron chi connectivity index (χ3n) is 5.48.